The zero-order valence-corrected chi connectivity index (χ0v) is 13.1. The van der Waals surface area contributed by atoms with Crippen molar-refractivity contribution < 1.29 is 9.13 Å². The van der Waals surface area contributed by atoms with E-state index in [1.54, 1.807) is 24.3 Å². The Labute approximate surface area is 133 Å². The number of halogens is 3. The molecule has 0 amide bonds. The van der Waals surface area contributed by atoms with Crippen molar-refractivity contribution in [1.29, 1.82) is 0 Å². The fourth-order valence-electron chi connectivity index (χ4n) is 1.91. The summed E-state index contributed by atoms with van der Waals surface area (Å²) in [5, 5.41) is 4.17. The first-order valence-electron chi connectivity index (χ1n) is 6.71. The lowest BCUT2D eigenvalue weighted by molar-refractivity contribution is 0.475. The van der Waals surface area contributed by atoms with E-state index in [0.717, 1.165) is 18.5 Å². The summed E-state index contributed by atoms with van der Waals surface area (Å²) < 4.78 is 19.3. The molecule has 0 saturated carbocycles. The van der Waals surface area contributed by atoms with Gasteiger partial charge in [0.1, 0.15) is 17.3 Å². The smallest absolute Gasteiger partial charge is 0.130 e. The van der Waals surface area contributed by atoms with Gasteiger partial charge in [0.15, 0.2) is 0 Å². The Bertz CT molecular complexity index is 599. The van der Waals surface area contributed by atoms with Crippen molar-refractivity contribution in [2.75, 3.05) is 6.54 Å². The molecule has 0 unspecified atom stereocenters. The third-order valence-corrected chi connectivity index (χ3v) is 3.20. The average Bonchev–Trinajstić information content (AvgIpc) is 2.37. The number of ether oxygens (including phenoxy) is 1. The van der Waals surface area contributed by atoms with Gasteiger partial charge in [0.2, 0.25) is 0 Å². The van der Waals surface area contributed by atoms with E-state index >= 15 is 0 Å². The van der Waals surface area contributed by atoms with E-state index < -0.39 is 0 Å². The van der Waals surface area contributed by atoms with Crippen LogP contribution in [0.1, 0.15) is 18.9 Å². The largest absolute Gasteiger partial charge is 0.457 e. The lowest BCUT2D eigenvalue weighted by Crippen LogP contribution is -2.13. The van der Waals surface area contributed by atoms with Crippen molar-refractivity contribution in [3.63, 3.8) is 0 Å². The Morgan fingerprint density at radius 2 is 1.67 bits per heavy atom. The van der Waals surface area contributed by atoms with Crippen molar-refractivity contribution >= 4 is 23.2 Å². The van der Waals surface area contributed by atoms with E-state index in [2.05, 4.69) is 12.2 Å². The standard InChI is InChI=1S/C16H16Cl2FNO/c1-2-3-20-10-11-4-14(19)9-15(5-11)21-16-7-12(17)6-13(18)8-16/h4-9,20H,2-3,10H2,1H3. The lowest BCUT2D eigenvalue weighted by Gasteiger charge is -2.10. The Morgan fingerprint density at radius 3 is 2.33 bits per heavy atom. The molecule has 112 valence electrons. The highest BCUT2D eigenvalue weighted by atomic mass is 35.5. The van der Waals surface area contributed by atoms with Gasteiger partial charge in [0.25, 0.3) is 0 Å². The van der Waals surface area contributed by atoms with Crippen molar-refractivity contribution in [2.24, 2.45) is 0 Å². The maximum absolute atomic E-state index is 13.6. The van der Waals surface area contributed by atoms with Crippen LogP contribution >= 0.6 is 23.2 Å². The zero-order chi connectivity index (χ0) is 15.2. The minimum Gasteiger partial charge on any atom is -0.457 e. The summed E-state index contributed by atoms with van der Waals surface area (Å²) in [5.41, 5.74) is 0.826. The van der Waals surface area contributed by atoms with Gasteiger partial charge in [-0.05, 0) is 48.9 Å². The molecule has 0 atom stereocenters. The molecule has 0 radical (unpaired) electrons. The monoisotopic (exact) mass is 327 g/mol. The molecule has 0 heterocycles. The molecule has 0 aliphatic carbocycles. The Morgan fingerprint density at radius 1 is 1.00 bits per heavy atom. The van der Waals surface area contributed by atoms with Crippen LogP contribution in [-0.2, 0) is 6.54 Å². The van der Waals surface area contributed by atoms with Crippen LogP contribution in [0.25, 0.3) is 0 Å². The topological polar surface area (TPSA) is 21.3 Å². The third kappa shape index (κ3) is 5.20. The molecule has 21 heavy (non-hydrogen) atoms. The van der Waals surface area contributed by atoms with E-state index in [1.807, 2.05) is 0 Å². The summed E-state index contributed by atoms with van der Waals surface area (Å²) in [5.74, 6) is 0.557. The van der Waals surface area contributed by atoms with Gasteiger partial charge < -0.3 is 10.1 Å². The van der Waals surface area contributed by atoms with Gasteiger partial charge in [0, 0.05) is 22.7 Å². The van der Waals surface area contributed by atoms with Crippen LogP contribution in [0.2, 0.25) is 10.0 Å². The first kappa shape index (κ1) is 16.1. The van der Waals surface area contributed by atoms with E-state index in [1.165, 1.54) is 12.1 Å². The molecular weight excluding hydrogens is 312 g/mol. The molecule has 0 fully saturated rings. The molecule has 0 aromatic heterocycles. The predicted molar refractivity (Wildman–Crippen MR) is 84.9 cm³/mol. The van der Waals surface area contributed by atoms with E-state index in [9.17, 15) is 4.39 Å². The van der Waals surface area contributed by atoms with Crippen LogP contribution in [0.4, 0.5) is 4.39 Å². The number of benzene rings is 2. The Hall–Kier alpha value is -1.29. The summed E-state index contributed by atoms with van der Waals surface area (Å²) in [6.07, 6.45) is 1.03. The summed E-state index contributed by atoms with van der Waals surface area (Å²) in [6, 6.07) is 9.49. The molecule has 0 spiro atoms. The molecule has 5 heteroatoms. The molecule has 0 saturated heterocycles. The van der Waals surface area contributed by atoms with Crippen LogP contribution in [-0.4, -0.2) is 6.54 Å². The van der Waals surface area contributed by atoms with Crippen LogP contribution in [0.15, 0.2) is 36.4 Å². The summed E-state index contributed by atoms with van der Waals surface area (Å²) in [7, 11) is 0. The average molecular weight is 328 g/mol. The second-order valence-electron chi connectivity index (χ2n) is 4.68. The van der Waals surface area contributed by atoms with E-state index in [0.29, 0.717) is 28.1 Å². The van der Waals surface area contributed by atoms with Crippen molar-refractivity contribution in [3.8, 4) is 11.5 Å². The van der Waals surface area contributed by atoms with Gasteiger partial charge in [-0.1, -0.05) is 30.1 Å². The molecule has 0 aliphatic heterocycles. The van der Waals surface area contributed by atoms with Gasteiger partial charge in [0.05, 0.1) is 0 Å². The van der Waals surface area contributed by atoms with Crippen LogP contribution in [0.5, 0.6) is 11.5 Å². The summed E-state index contributed by atoms with van der Waals surface area (Å²) >= 11 is 11.8. The molecular formula is C16H16Cl2FNO. The van der Waals surface area contributed by atoms with Crippen LogP contribution in [0.3, 0.4) is 0 Å². The fourth-order valence-corrected chi connectivity index (χ4v) is 2.42. The van der Waals surface area contributed by atoms with Crippen molar-refractivity contribution in [3.05, 3.63) is 57.8 Å². The first-order valence-corrected chi connectivity index (χ1v) is 7.46. The molecule has 2 rings (SSSR count). The molecule has 0 aliphatic rings. The first-order chi connectivity index (χ1) is 10.1. The summed E-state index contributed by atoms with van der Waals surface area (Å²) in [6.45, 7) is 3.56. The van der Waals surface area contributed by atoms with E-state index in [-0.39, 0.29) is 5.82 Å². The zero-order valence-electron chi connectivity index (χ0n) is 11.6. The number of hydrogen-bond donors (Lipinski definition) is 1. The highest BCUT2D eigenvalue weighted by Gasteiger charge is 2.05. The minimum atomic E-state index is -0.339. The normalized spacial score (nSPS) is 10.7. The molecule has 0 bridgehead atoms. The van der Waals surface area contributed by atoms with Gasteiger partial charge in [-0.25, -0.2) is 4.39 Å². The number of rotatable bonds is 6. The second kappa shape index (κ2) is 7.64. The van der Waals surface area contributed by atoms with Gasteiger partial charge >= 0.3 is 0 Å². The third-order valence-electron chi connectivity index (χ3n) is 2.76. The maximum Gasteiger partial charge on any atom is 0.130 e. The van der Waals surface area contributed by atoms with Crippen molar-refractivity contribution in [2.45, 2.75) is 19.9 Å². The Kier molecular flexibility index (Phi) is 5.85. The fraction of sp³-hybridized carbons (Fsp3) is 0.250. The molecule has 2 nitrogen and oxygen atoms in total. The molecule has 2 aromatic rings. The quantitative estimate of drug-likeness (QED) is 0.715. The second-order valence-corrected chi connectivity index (χ2v) is 5.55. The highest BCUT2D eigenvalue weighted by molar-refractivity contribution is 6.34. The summed E-state index contributed by atoms with van der Waals surface area (Å²) in [4.78, 5) is 0. The maximum atomic E-state index is 13.6. The number of nitrogens with one attached hydrogen (secondary N) is 1. The predicted octanol–water partition coefficient (Wildman–Crippen LogP) is 5.42. The van der Waals surface area contributed by atoms with Gasteiger partial charge in [-0.15, -0.1) is 0 Å². The minimum absolute atomic E-state index is 0.339. The van der Waals surface area contributed by atoms with Crippen LogP contribution in [0, 0.1) is 5.82 Å². The molecule has 2 aromatic carbocycles. The van der Waals surface area contributed by atoms with Crippen LogP contribution < -0.4 is 10.1 Å². The van der Waals surface area contributed by atoms with Gasteiger partial charge in [-0.2, -0.15) is 0 Å². The Balaban J connectivity index is 2.15. The highest BCUT2D eigenvalue weighted by Crippen LogP contribution is 2.29. The lowest BCUT2D eigenvalue weighted by atomic mass is 10.2. The van der Waals surface area contributed by atoms with Gasteiger partial charge in [-0.3, -0.25) is 0 Å². The SMILES string of the molecule is CCCNCc1cc(F)cc(Oc2cc(Cl)cc(Cl)c2)c1. The molecule has 1 N–H and O–H groups in total. The number of hydrogen-bond acceptors (Lipinski definition) is 2. The van der Waals surface area contributed by atoms with E-state index in [4.69, 9.17) is 27.9 Å². The van der Waals surface area contributed by atoms with Crippen molar-refractivity contribution in [1.82, 2.24) is 5.32 Å².